The number of aliphatic imine (C=N–C) groups is 1. The van der Waals surface area contributed by atoms with E-state index in [1.54, 1.807) is 0 Å². The molecule has 1 saturated carbocycles. The van der Waals surface area contributed by atoms with Gasteiger partial charge in [-0.3, -0.25) is 9.79 Å². The smallest absolute Gasteiger partial charge is 0.270 e. The Morgan fingerprint density at radius 3 is 2.52 bits per heavy atom. The van der Waals surface area contributed by atoms with Crippen molar-refractivity contribution in [2.24, 2.45) is 22.6 Å². The monoisotopic (exact) mass is 293 g/mol. The number of nitrogens with one attached hydrogen (secondary N) is 1. The number of nitrogens with zero attached hydrogens (tertiary/aromatic N) is 1. The summed E-state index contributed by atoms with van der Waals surface area (Å²) in [5, 5.41) is 2.82. The fourth-order valence-corrected chi connectivity index (χ4v) is 2.58. The SMILES string of the molecule is CCCC(C1CC1)C(C=O)NC(=O)C(C=CN)=NC(C)C. The van der Waals surface area contributed by atoms with Crippen LogP contribution in [0.15, 0.2) is 17.3 Å². The molecule has 2 atom stereocenters. The van der Waals surface area contributed by atoms with Crippen LogP contribution < -0.4 is 11.1 Å². The van der Waals surface area contributed by atoms with Gasteiger partial charge < -0.3 is 15.8 Å². The van der Waals surface area contributed by atoms with Crippen LogP contribution in [0.25, 0.3) is 0 Å². The fraction of sp³-hybridized carbons (Fsp3) is 0.688. The lowest BCUT2D eigenvalue weighted by molar-refractivity contribution is -0.120. The zero-order valence-corrected chi connectivity index (χ0v) is 13.2. The van der Waals surface area contributed by atoms with Gasteiger partial charge in [-0.1, -0.05) is 13.3 Å². The van der Waals surface area contributed by atoms with Gasteiger partial charge in [0, 0.05) is 6.04 Å². The Kier molecular flexibility index (Phi) is 7.12. The Bertz CT molecular complexity index is 412. The average molecular weight is 293 g/mol. The average Bonchev–Trinajstić information content (AvgIpc) is 3.26. The molecule has 0 aromatic heterocycles. The van der Waals surface area contributed by atoms with E-state index < -0.39 is 6.04 Å². The van der Waals surface area contributed by atoms with E-state index in [0.29, 0.717) is 5.92 Å². The fourth-order valence-electron chi connectivity index (χ4n) is 2.58. The van der Waals surface area contributed by atoms with Gasteiger partial charge in [0.1, 0.15) is 12.0 Å². The van der Waals surface area contributed by atoms with E-state index in [2.05, 4.69) is 17.2 Å². The Morgan fingerprint density at radius 1 is 1.43 bits per heavy atom. The molecule has 1 fully saturated rings. The zero-order chi connectivity index (χ0) is 15.8. The Morgan fingerprint density at radius 2 is 2.10 bits per heavy atom. The first-order valence-corrected chi connectivity index (χ1v) is 7.75. The topological polar surface area (TPSA) is 84.5 Å². The third-order valence-electron chi connectivity index (χ3n) is 3.64. The Balaban J connectivity index is 2.78. The molecule has 0 aliphatic heterocycles. The molecular weight excluding hydrogens is 266 g/mol. The minimum atomic E-state index is -0.437. The molecule has 1 aliphatic carbocycles. The lowest BCUT2D eigenvalue weighted by Crippen LogP contribution is -2.45. The zero-order valence-electron chi connectivity index (χ0n) is 13.2. The van der Waals surface area contributed by atoms with Gasteiger partial charge in [-0.2, -0.15) is 0 Å². The second-order valence-electron chi connectivity index (χ2n) is 5.89. The second kappa shape index (κ2) is 8.60. The van der Waals surface area contributed by atoms with Crippen LogP contribution in [0.3, 0.4) is 0 Å². The number of carbonyl (C=O) groups is 2. The molecule has 0 aromatic carbocycles. The van der Waals surface area contributed by atoms with Crippen molar-refractivity contribution < 1.29 is 9.59 Å². The highest BCUT2D eigenvalue weighted by atomic mass is 16.2. The summed E-state index contributed by atoms with van der Waals surface area (Å²) in [6.45, 7) is 5.87. The highest BCUT2D eigenvalue weighted by Gasteiger charge is 2.36. The molecule has 0 bridgehead atoms. The number of carbonyl (C=O) groups excluding carboxylic acids is 2. The summed E-state index contributed by atoms with van der Waals surface area (Å²) in [4.78, 5) is 27.9. The Labute approximate surface area is 127 Å². The quantitative estimate of drug-likeness (QED) is 0.502. The molecular formula is C16H27N3O2. The molecule has 1 amide bonds. The van der Waals surface area contributed by atoms with Gasteiger partial charge >= 0.3 is 0 Å². The predicted octanol–water partition coefficient (Wildman–Crippen LogP) is 1.82. The summed E-state index contributed by atoms with van der Waals surface area (Å²) in [5.74, 6) is 0.471. The molecule has 5 nitrogen and oxygen atoms in total. The molecule has 0 aromatic rings. The van der Waals surface area contributed by atoms with E-state index in [0.717, 1.165) is 32.0 Å². The van der Waals surface area contributed by atoms with E-state index >= 15 is 0 Å². The molecule has 118 valence electrons. The van der Waals surface area contributed by atoms with Crippen LogP contribution in [-0.2, 0) is 9.59 Å². The van der Waals surface area contributed by atoms with E-state index in [-0.39, 0.29) is 23.6 Å². The number of rotatable bonds is 9. The Hall–Kier alpha value is -1.65. The molecule has 0 saturated heterocycles. The lowest BCUT2D eigenvalue weighted by Gasteiger charge is -2.23. The van der Waals surface area contributed by atoms with Crippen molar-refractivity contribution >= 4 is 17.9 Å². The first-order valence-electron chi connectivity index (χ1n) is 7.75. The van der Waals surface area contributed by atoms with Crippen molar-refractivity contribution in [2.75, 3.05) is 0 Å². The maximum Gasteiger partial charge on any atom is 0.270 e. The van der Waals surface area contributed by atoms with Crippen molar-refractivity contribution in [1.29, 1.82) is 0 Å². The van der Waals surface area contributed by atoms with Crippen LogP contribution in [0.1, 0.15) is 46.5 Å². The first kappa shape index (κ1) is 17.4. The standard InChI is InChI=1S/C16H27N3O2/c1-4-5-13(12-6-7-12)15(10-20)19-16(21)14(8-9-17)18-11(2)3/h8-13,15H,4-7,17H2,1-3H3,(H,19,21). The summed E-state index contributed by atoms with van der Waals surface area (Å²) < 4.78 is 0. The van der Waals surface area contributed by atoms with Crippen LogP contribution in [0.4, 0.5) is 0 Å². The second-order valence-corrected chi connectivity index (χ2v) is 5.89. The van der Waals surface area contributed by atoms with Gasteiger partial charge in [0.15, 0.2) is 0 Å². The van der Waals surface area contributed by atoms with Gasteiger partial charge in [0.2, 0.25) is 0 Å². The minimum absolute atomic E-state index is 0.00787. The largest absolute Gasteiger partial charge is 0.405 e. The summed E-state index contributed by atoms with van der Waals surface area (Å²) in [6, 6.07) is -0.444. The van der Waals surface area contributed by atoms with E-state index in [1.165, 1.54) is 12.3 Å². The summed E-state index contributed by atoms with van der Waals surface area (Å²) in [7, 11) is 0. The van der Waals surface area contributed by atoms with E-state index in [4.69, 9.17) is 5.73 Å². The van der Waals surface area contributed by atoms with Gasteiger partial charge in [-0.05, 0) is 57.2 Å². The van der Waals surface area contributed by atoms with Gasteiger partial charge in [-0.25, -0.2) is 0 Å². The summed E-state index contributed by atoms with van der Waals surface area (Å²) >= 11 is 0. The first-order chi connectivity index (χ1) is 10.0. The molecule has 0 radical (unpaired) electrons. The van der Waals surface area contributed by atoms with Crippen molar-refractivity contribution in [3.8, 4) is 0 Å². The maximum atomic E-state index is 12.3. The molecule has 2 unspecified atom stereocenters. The normalized spacial score (nSPS) is 18.8. The van der Waals surface area contributed by atoms with Crippen molar-refractivity contribution in [1.82, 2.24) is 5.32 Å². The van der Waals surface area contributed by atoms with Crippen LogP contribution in [0.5, 0.6) is 0 Å². The number of aldehydes is 1. The molecule has 1 aliphatic rings. The highest BCUT2D eigenvalue weighted by Crippen LogP contribution is 2.40. The highest BCUT2D eigenvalue weighted by molar-refractivity contribution is 6.43. The number of nitrogens with two attached hydrogens (primary N) is 1. The lowest BCUT2D eigenvalue weighted by atomic mass is 9.90. The van der Waals surface area contributed by atoms with Crippen LogP contribution in [0.2, 0.25) is 0 Å². The van der Waals surface area contributed by atoms with Crippen LogP contribution >= 0.6 is 0 Å². The minimum Gasteiger partial charge on any atom is -0.405 e. The van der Waals surface area contributed by atoms with Crippen molar-refractivity contribution in [2.45, 2.75) is 58.5 Å². The van der Waals surface area contributed by atoms with Crippen LogP contribution in [-0.4, -0.2) is 30.0 Å². The van der Waals surface area contributed by atoms with Gasteiger partial charge in [-0.15, -0.1) is 0 Å². The number of amides is 1. The van der Waals surface area contributed by atoms with E-state index in [9.17, 15) is 9.59 Å². The summed E-state index contributed by atoms with van der Waals surface area (Å²) in [5.41, 5.74) is 5.63. The van der Waals surface area contributed by atoms with Crippen molar-refractivity contribution in [3.63, 3.8) is 0 Å². The molecule has 5 heteroatoms. The van der Waals surface area contributed by atoms with Gasteiger partial charge in [0.05, 0.1) is 6.04 Å². The van der Waals surface area contributed by atoms with Crippen LogP contribution in [0, 0.1) is 11.8 Å². The number of hydrogen-bond acceptors (Lipinski definition) is 4. The molecule has 0 heterocycles. The molecule has 21 heavy (non-hydrogen) atoms. The molecule has 0 spiro atoms. The predicted molar refractivity (Wildman–Crippen MR) is 85.0 cm³/mol. The summed E-state index contributed by atoms with van der Waals surface area (Å²) in [6.07, 6.45) is 7.90. The third kappa shape index (κ3) is 5.69. The van der Waals surface area contributed by atoms with Gasteiger partial charge in [0.25, 0.3) is 5.91 Å². The van der Waals surface area contributed by atoms with E-state index in [1.807, 2.05) is 13.8 Å². The maximum absolute atomic E-state index is 12.3. The third-order valence-corrected chi connectivity index (χ3v) is 3.64. The molecule has 1 rings (SSSR count). The van der Waals surface area contributed by atoms with Crippen molar-refractivity contribution in [3.05, 3.63) is 12.3 Å². The number of hydrogen-bond donors (Lipinski definition) is 2. The molecule has 3 N–H and O–H groups in total.